The van der Waals surface area contributed by atoms with Gasteiger partial charge in [0.2, 0.25) is 0 Å². The molecule has 1 amide bonds. The van der Waals surface area contributed by atoms with E-state index in [1.807, 2.05) is 66.7 Å². The van der Waals surface area contributed by atoms with Crippen molar-refractivity contribution in [1.82, 2.24) is 5.32 Å². The lowest BCUT2D eigenvalue weighted by Crippen LogP contribution is -2.30. The van der Waals surface area contributed by atoms with E-state index in [1.165, 1.54) is 17.3 Å². The number of thioether (sulfide) groups is 1. The number of anilines is 1. The molecule has 1 atom stereocenters. The first-order chi connectivity index (χ1) is 15.1. The summed E-state index contributed by atoms with van der Waals surface area (Å²) in [7, 11) is 0. The highest BCUT2D eigenvalue weighted by molar-refractivity contribution is 8.05. The third kappa shape index (κ3) is 5.43. The number of nitrogens with one attached hydrogen (secondary N) is 2. The van der Waals surface area contributed by atoms with Gasteiger partial charge in [0, 0.05) is 21.8 Å². The molecule has 0 bridgehead atoms. The molecular weight excluding hydrogens is 428 g/mol. The Morgan fingerprint density at radius 2 is 1.81 bits per heavy atom. The fourth-order valence-corrected chi connectivity index (χ4v) is 4.36. The number of para-hydroxylation sites is 1. The molecule has 4 nitrogen and oxygen atoms in total. The smallest absolute Gasteiger partial charge is 0.260 e. The molecule has 0 aliphatic carbocycles. The molecule has 6 heteroatoms. The van der Waals surface area contributed by atoms with Gasteiger partial charge >= 0.3 is 0 Å². The first kappa shape index (κ1) is 21.3. The summed E-state index contributed by atoms with van der Waals surface area (Å²) in [6, 6.07) is 23.5. The maximum Gasteiger partial charge on any atom is 0.260 e. The average molecular weight is 451 g/mol. The molecule has 1 aliphatic heterocycles. The molecule has 1 heterocycles. The van der Waals surface area contributed by atoms with Gasteiger partial charge in [0.25, 0.3) is 5.91 Å². The molecule has 31 heavy (non-hydrogen) atoms. The van der Waals surface area contributed by atoms with E-state index in [1.54, 1.807) is 0 Å². The van der Waals surface area contributed by atoms with Crippen molar-refractivity contribution < 1.29 is 9.53 Å². The number of rotatable bonds is 7. The van der Waals surface area contributed by atoms with Crippen LogP contribution in [0.2, 0.25) is 5.02 Å². The quantitative estimate of drug-likeness (QED) is 0.428. The van der Waals surface area contributed by atoms with E-state index in [-0.39, 0.29) is 11.4 Å². The summed E-state index contributed by atoms with van der Waals surface area (Å²) in [6.07, 6.45) is 2.86. The summed E-state index contributed by atoms with van der Waals surface area (Å²) in [5.74, 6) is 0.600. The number of halogens is 1. The second-order valence-electron chi connectivity index (χ2n) is 7.09. The molecule has 3 aromatic rings. The molecule has 1 saturated heterocycles. The van der Waals surface area contributed by atoms with E-state index < -0.39 is 0 Å². The number of amides is 1. The van der Waals surface area contributed by atoms with Gasteiger partial charge in [-0.25, -0.2) is 0 Å². The van der Waals surface area contributed by atoms with Crippen molar-refractivity contribution in [3.63, 3.8) is 0 Å². The van der Waals surface area contributed by atoms with Gasteiger partial charge in [0.05, 0.1) is 4.91 Å². The van der Waals surface area contributed by atoms with Gasteiger partial charge in [0.15, 0.2) is 5.50 Å². The number of carbonyl (C=O) groups is 1. The van der Waals surface area contributed by atoms with Gasteiger partial charge in [0.1, 0.15) is 12.4 Å². The molecule has 0 radical (unpaired) electrons. The van der Waals surface area contributed by atoms with Crippen LogP contribution < -0.4 is 15.4 Å². The van der Waals surface area contributed by atoms with Crippen LogP contribution in [0.4, 0.5) is 5.69 Å². The highest BCUT2D eigenvalue weighted by atomic mass is 35.5. The Bertz CT molecular complexity index is 1100. The molecule has 158 valence electrons. The van der Waals surface area contributed by atoms with Gasteiger partial charge in [-0.2, -0.15) is 0 Å². The summed E-state index contributed by atoms with van der Waals surface area (Å²) >= 11 is 7.69. The summed E-state index contributed by atoms with van der Waals surface area (Å²) in [4.78, 5) is 13.2. The van der Waals surface area contributed by atoms with Crippen LogP contribution in [0, 0.1) is 0 Å². The lowest BCUT2D eigenvalue weighted by atomic mass is 10.1. The summed E-state index contributed by atoms with van der Waals surface area (Å²) in [5.41, 5.74) is 3.79. The van der Waals surface area contributed by atoms with E-state index in [4.69, 9.17) is 16.3 Å². The molecular formula is C25H23ClN2O2S. The van der Waals surface area contributed by atoms with Gasteiger partial charge in [-0.1, -0.05) is 78.8 Å². The van der Waals surface area contributed by atoms with E-state index in [0.29, 0.717) is 22.3 Å². The minimum absolute atomic E-state index is 0.103. The molecule has 0 spiro atoms. The molecule has 1 fully saturated rings. The van der Waals surface area contributed by atoms with Crippen LogP contribution in [-0.4, -0.2) is 11.4 Å². The van der Waals surface area contributed by atoms with Crippen molar-refractivity contribution in [2.24, 2.45) is 0 Å². The van der Waals surface area contributed by atoms with Crippen molar-refractivity contribution in [2.45, 2.75) is 25.4 Å². The number of benzene rings is 3. The van der Waals surface area contributed by atoms with Gasteiger partial charge < -0.3 is 15.4 Å². The van der Waals surface area contributed by atoms with Gasteiger partial charge in [-0.05, 0) is 42.3 Å². The Labute approximate surface area is 191 Å². The fourth-order valence-electron chi connectivity index (χ4n) is 3.20. The number of ether oxygens (including phenoxy) is 1. The van der Waals surface area contributed by atoms with Crippen LogP contribution in [0.15, 0.2) is 77.7 Å². The summed E-state index contributed by atoms with van der Waals surface area (Å²) in [6.45, 7) is 2.49. The monoisotopic (exact) mass is 450 g/mol. The van der Waals surface area contributed by atoms with E-state index >= 15 is 0 Å². The molecule has 0 unspecified atom stereocenters. The van der Waals surface area contributed by atoms with Crippen LogP contribution in [0.5, 0.6) is 5.75 Å². The SMILES string of the molecule is CCc1ccc(N[C@@H]2NC(=O)/C(=C/c3ccccc3OCc3ccccc3Cl)S2)cc1. The summed E-state index contributed by atoms with van der Waals surface area (Å²) in [5, 5.41) is 6.99. The first-order valence-corrected chi connectivity index (χ1v) is 11.4. The third-order valence-corrected chi connectivity index (χ3v) is 6.33. The highest BCUT2D eigenvalue weighted by Gasteiger charge is 2.27. The Morgan fingerprint density at radius 1 is 1.06 bits per heavy atom. The molecule has 0 saturated carbocycles. The fraction of sp³-hybridized carbons (Fsp3) is 0.160. The van der Waals surface area contributed by atoms with Crippen molar-refractivity contribution >= 4 is 41.0 Å². The zero-order chi connectivity index (χ0) is 21.6. The van der Waals surface area contributed by atoms with Gasteiger partial charge in [-0.15, -0.1) is 0 Å². The second kappa shape index (κ2) is 9.94. The van der Waals surface area contributed by atoms with Crippen LogP contribution in [0.1, 0.15) is 23.6 Å². The lowest BCUT2D eigenvalue weighted by Gasteiger charge is -2.13. The number of hydrogen-bond donors (Lipinski definition) is 2. The maximum absolute atomic E-state index is 12.5. The van der Waals surface area contributed by atoms with Crippen molar-refractivity contribution in [2.75, 3.05) is 5.32 Å². The Morgan fingerprint density at radius 3 is 2.58 bits per heavy atom. The molecule has 2 N–H and O–H groups in total. The average Bonchev–Trinajstić information content (AvgIpc) is 3.13. The zero-order valence-corrected chi connectivity index (χ0v) is 18.7. The topological polar surface area (TPSA) is 50.4 Å². The molecule has 4 rings (SSSR count). The summed E-state index contributed by atoms with van der Waals surface area (Å²) < 4.78 is 6.01. The van der Waals surface area contributed by atoms with Crippen LogP contribution in [0.25, 0.3) is 6.08 Å². The number of hydrogen-bond acceptors (Lipinski definition) is 4. The predicted molar refractivity (Wildman–Crippen MR) is 129 cm³/mol. The molecule has 3 aromatic carbocycles. The zero-order valence-electron chi connectivity index (χ0n) is 17.1. The largest absolute Gasteiger partial charge is 0.488 e. The van der Waals surface area contributed by atoms with Crippen molar-refractivity contribution in [1.29, 1.82) is 0 Å². The van der Waals surface area contributed by atoms with Crippen LogP contribution in [0.3, 0.4) is 0 Å². The standard InChI is InChI=1S/C25H23ClN2O2S/c1-2-17-11-13-20(14-12-17)27-25-28-24(29)23(31-25)15-18-7-4-6-10-22(18)30-16-19-8-3-5-9-21(19)26/h3-15,25,27H,2,16H2,1H3,(H,28,29)/b23-15-/t25-/m1/s1. The number of carbonyl (C=O) groups excluding carboxylic acids is 1. The third-order valence-electron chi connectivity index (χ3n) is 4.94. The van der Waals surface area contributed by atoms with Crippen LogP contribution >= 0.6 is 23.4 Å². The maximum atomic E-state index is 12.5. The second-order valence-corrected chi connectivity index (χ2v) is 8.65. The Balaban J connectivity index is 1.45. The molecule has 0 aromatic heterocycles. The first-order valence-electron chi connectivity index (χ1n) is 10.1. The Kier molecular flexibility index (Phi) is 6.85. The predicted octanol–water partition coefficient (Wildman–Crippen LogP) is 6.08. The van der Waals surface area contributed by atoms with Crippen molar-refractivity contribution in [3.05, 3.63) is 99.4 Å². The minimum Gasteiger partial charge on any atom is -0.488 e. The minimum atomic E-state index is -0.220. The van der Waals surface area contributed by atoms with E-state index in [0.717, 1.165) is 23.2 Å². The molecule has 1 aliphatic rings. The van der Waals surface area contributed by atoms with Gasteiger partial charge in [-0.3, -0.25) is 4.79 Å². The normalized spacial score (nSPS) is 16.9. The van der Waals surface area contributed by atoms with Crippen molar-refractivity contribution in [3.8, 4) is 5.75 Å². The number of aryl methyl sites for hydroxylation is 1. The lowest BCUT2D eigenvalue weighted by molar-refractivity contribution is -0.116. The van der Waals surface area contributed by atoms with E-state index in [9.17, 15) is 4.79 Å². The van der Waals surface area contributed by atoms with Crippen LogP contribution in [-0.2, 0) is 17.8 Å². The van der Waals surface area contributed by atoms with E-state index in [2.05, 4.69) is 29.7 Å². The Hall–Kier alpha value is -2.89. The highest BCUT2D eigenvalue weighted by Crippen LogP contribution is 2.32.